The van der Waals surface area contributed by atoms with Crippen LogP contribution in [0.2, 0.25) is 0 Å². The summed E-state index contributed by atoms with van der Waals surface area (Å²) >= 11 is 0. The maximum atomic E-state index is 12.2. The summed E-state index contributed by atoms with van der Waals surface area (Å²) in [6.45, 7) is 2.52. The van der Waals surface area contributed by atoms with Crippen LogP contribution in [0.25, 0.3) is 0 Å². The molecule has 23 heavy (non-hydrogen) atoms. The molecule has 1 aliphatic heterocycles. The minimum atomic E-state index is -3.13. The number of aromatic nitrogens is 2. The number of rotatable bonds is 5. The van der Waals surface area contributed by atoms with Gasteiger partial charge in [0.15, 0.2) is 0 Å². The van der Waals surface area contributed by atoms with Crippen LogP contribution in [0.5, 0.6) is 0 Å². The zero-order valence-corrected chi connectivity index (χ0v) is 14.0. The molecular weight excluding hydrogens is 322 g/mol. The first-order valence-electron chi connectivity index (χ1n) is 7.74. The molecule has 1 saturated carbocycles. The predicted octanol–water partition coefficient (Wildman–Crippen LogP) is 1.01. The number of nitrogens with one attached hydrogen (secondary N) is 1. The summed E-state index contributed by atoms with van der Waals surface area (Å²) in [4.78, 5) is 10.8. The Morgan fingerprint density at radius 3 is 2.39 bits per heavy atom. The van der Waals surface area contributed by atoms with Crippen molar-refractivity contribution in [1.29, 1.82) is 0 Å². The molecule has 0 amide bonds. The first-order chi connectivity index (χ1) is 10.8. The van der Waals surface area contributed by atoms with Gasteiger partial charge in [-0.1, -0.05) is 0 Å². The van der Waals surface area contributed by atoms with E-state index in [0.717, 1.165) is 12.8 Å². The number of nitrogens with zero attached hydrogens (tertiary/aromatic N) is 4. The number of piperidine rings is 1. The van der Waals surface area contributed by atoms with Crippen LogP contribution in [0.3, 0.4) is 0 Å². The van der Waals surface area contributed by atoms with E-state index in [4.69, 9.17) is 0 Å². The van der Waals surface area contributed by atoms with E-state index in [1.807, 2.05) is 0 Å². The monoisotopic (exact) mass is 343 g/mol. The van der Waals surface area contributed by atoms with Crippen LogP contribution in [0, 0.1) is 17.0 Å². The summed E-state index contributed by atoms with van der Waals surface area (Å²) in [6.07, 6.45) is 2.79. The Morgan fingerprint density at radius 1 is 1.26 bits per heavy atom. The number of hydrogen-bond donors (Lipinski definition) is 1. The third-order valence-corrected chi connectivity index (χ3v) is 6.87. The van der Waals surface area contributed by atoms with E-state index in [2.05, 4.69) is 10.4 Å². The van der Waals surface area contributed by atoms with Crippen molar-refractivity contribution < 1.29 is 13.3 Å². The van der Waals surface area contributed by atoms with Gasteiger partial charge >= 0.3 is 5.69 Å². The van der Waals surface area contributed by atoms with Crippen LogP contribution in [0.1, 0.15) is 31.4 Å². The zero-order chi connectivity index (χ0) is 16.8. The third-order valence-electron chi connectivity index (χ3n) is 4.47. The highest BCUT2D eigenvalue weighted by molar-refractivity contribution is 7.90. The summed E-state index contributed by atoms with van der Waals surface area (Å²) < 4.78 is 27.5. The van der Waals surface area contributed by atoms with Gasteiger partial charge in [-0.3, -0.25) is 10.1 Å². The van der Waals surface area contributed by atoms with E-state index in [9.17, 15) is 18.5 Å². The topological polar surface area (TPSA) is 110 Å². The lowest BCUT2D eigenvalue weighted by molar-refractivity contribution is -0.384. The Kier molecular flexibility index (Phi) is 4.05. The van der Waals surface area contributed by atoms with Gasteiger partial charge in [0.25, 0.3) is 0 Å². The molecule has 128 valence electrons. The fourth-order valence-electron chi connectivity index (χ4n) is 3.05. The fraction of sp³-hybridized carbons (Fsp3) is 0.769. The summed E-state index contributed by atoms with van der Waals surface area (Å²) in [5, 5.41) is 18.3. The van der Waals surface area contributed by atoms with E-state index in [1.165, 1.54) is 4.68 Å². The molecule has 0 aromatic carbocycles. The van der Waals surface area contributed by atoms with Crippen LogP contribution in [0.15, 0.2) is 0 Å². The van der Waals surface area contributed by atoms with Crippen LogP contribution in [-0.2, 0) is 17.1 Å². The smallest absolute Gasteiger partial charge is 0.333 e. The van der Waals surface area contributed by atoms with Gasteiger partial charge in [-0.2, -0.15) is 5.10 Å². The van der Waals surface area contributed by atoms with Crippen LogP contribution < -0.4 is 5.32 Å². The second-order valence-electron chi connectivity index (χ2n) is 6.23. The van der Waals surface area contributed by atoms with E-state index >= 15 is 0 Å². The lowest BCUT2D eigenvalue weighted by Crippen LogP contribution is -2.43. The van der Waals surface area contributed by atoms with Crippen molar-refractivity contribution in [2.75, 3.05) is 18.4 Å². The predicted molar refractivity (Wildman–Crippen MR) is 84.8 cm³/mol. The van der Waals surface area contributed by atoms with Gasteiger partial charge < -0.3 is 5.32 Å². The second kappa shape index (κ2) is 5.75. The first-order valence-corrected chi connectivity index (χ1v) is 9.24. The third kappa shape index (κ3) is 3.05. The number of sulfonamides is 1. The molecule has 0 unspecified atom stereocenters. The Hall–Kier alpha value is -1.68. The average Bonchev–Trinajstić information content (AvgIpc) is 3.28. The number of aryl methyl sites for hydroxylation is 2. The maximum absolute atomic E-state index is 12.2. The molecule has 9 nitrogen and oxygen atoms in total. The van der Waals surface area contributed by atoms with Gasteiger partial charge in [-0.15, -0.1) is 0 Å². The molecule has 1 aliphatic carbocycles. The first kappa shape index (κ1) is 16.2. The van der Waals surface area contributed by atoms with E-state index < -0.39 is 14.9 Å². The standard InChI is InChI=1S/C13H21N5O4S/c1-9-12(18(19)20)13(16(2)15-9)14-10-5-7-17(8-6-10)23(21,22)11-3-4-11/h10-11,14H,3-8H2,1-2H3. The van der Waals surface area contributed by atoms with Crippen LogP contribution in [0.4, 0.5) is 11.5 Å². The van der Waals surface area contributed by atoms with Gasteiger partial charge in [0.05, 0.1) is 10.2 Å². The molecule has 0 atom stereocenters. The van der Waals surface area contributed by atoms with Crippen molar-refractivity contribution in [3.63, 3.8) is 0 Å². The lowest BCUT2D eigenvalue weighted by Gasteiger charge is -2.31. The Balaban J connectivity index is 1.67. The van der Waals surface area contributed by atoms with Crippen LogP contribution in [-0.4, -0.2) is 51.8 Å². The van der Waals surface area contributed by atoms with Crippen molar-refractivity contribution in [2.45, 2.75) is 43.9 Å². The highest BCUT2D eigenvalue weighted by Gasteiger charge is 2.41. The quantitative estimate of drug-likeness (QED) is 0.631. The van der Waals surface area contributed by atoms with Crippen LogP contribution >= 0.6 is 0 Å². The molecule has 2 fully saturated rings. The maximum Gasteiger partial charge on any atom is 0.333 e. The number of hydrogen-bond acceptors (Lipinski definition) is 6. The zero-order valence-electron chi connectivity index (χ0n) is 13.2. The lowest BCUT2D eigenvalue weighted by atomic mass is 10.1. The minimum Gasteiger partial charge on any atom is -0.362 e. The largest absolute Gasteiger partial charge is 0.362 e. The Bertz CT molecular complexity index is 717. The highest BCUT2D eigenvalue weighted by Crippen LogP contribution is 2.33. The molecule has 2 aliphatic rings. The molecule has 10 heteroatoms. The molecule has 0 spiro atoms. The molecule has 1 N–H and O–H groups in total. The summed E-state index contributed by atoms with van der Waals surface area (Å²) in [7, 11) is -1.47. The van der Waals surface area contributed by atoms with E-state index in [1.54, 1.807) is 18.3 Å². The summed E-state index contributed by atoms with van der Waals surface area (Å²) in [5.41, 5.74) is 0.356. The number of nitro groups is 1. The minimum absolute atomic E-state index is 0.00848. The van der Waals surface area contributed by atoms with Gasteiger partial charge in [0, 0.05) is 26.2 Å². The summed E-state index contributed by atoms with van der Waals surface area (Å²) in [5.74, 6) is 0.385. The van der Waals surface area contributed by atoms with Crippen molar-refractivity contribution in [1.82, 2.24) is 14.1 Å². The van der Waals surface area contributed by atoms with Gasteiger partial charge in [0.1, 0.15) is 5.69 Å². The molecule has 1 aromatic rings. The van der Waals surface area contributed by atoms with Crippen molar-refractivity contribution in [3.8, 4) is 0 Å². The highest BCUT2D eigenvalue weighted by atomic mass is 32.2. The Morgan fingerprint density at radius 2 is 1.87 bits per heavy atom. The van der Waals surface area contributed by atoms with Crippen molar-refractivity contribution >= 4 is 21.5 Å². The summed E-state index contributed by atoms with van der Waals surface area (Å²) in [6, 6.07) is 0.00848. The average molecular weight is 343 g/mol. The molecule has 1 saturated heterocycles. The molecule has 2 heterocycles. The second-order valence-corrected chi connectivity index (χ2v) is 8.44. The molecule has 1 aromatic heterocycles. The molecule has 0 bridgehead atoms. The molecule has 0 radical (unpaired) electrons. The normalized spacial score (nSPS) is 20.6. The van der Waals surface area contributed by atoms with Crippen molar-refractivity contribution in [2.24, 2.45) is 7.05 Å². The van der Waals surface area contributed by atoms with Gasteiger partial charge in [-0.25, -0.2) is 17.4 Å². The van der Waals surface area contributed by atoms with E-state index in [0.29, 0.717) is 37.4 Å². The van der Waals surface area contributed by atoms with Gasteiger partial charge in [-0.05, 0) is 32.6 Å². The van der Waals surface area contributed by atoms with Gasteiger partial charge in [0.2, 0.25) is 15.8 Å². The van der Waals surface area contributed by atoms with E-state index in [-0.39, 0.29) is 17.0 Å². The van der Waals surface area contributed by atoms with Crippen molar-refractivity contribution in [3.05, 3.63) is 15.8 Å². The Labute approximate surface area is 134 Å². The molecule has 3 rings (SSSR count). The fourth-order valence-corrected chi connectivity index (χ4v) is 4.93. The number of anilines is 1. The molecular formula is C13H21N5O4S. The SMILES string of the molecule is Cc1nn(C)c(NC2CCN(S(=O)(=O)C3CC3)CC2)c1[N+](=O)[O-].